The van der Waals surface area contributed by atoms with Gasteiger partial charge in [0.05, 0.1) is 0 Å². The van der Waals surface area contributed by atoms with Gasteiger partial charge in [0.25, 0.3) is 0 Å². The molecular weight excluding hydrogens is 314 g/mol. The molecule has 0 aliphatic heterocycles. The van der Waals surface area contributed by atoms with E-state index in [0.29, 0.717) is 17.8 Å². The molecular formula is C19H29N5O. The van der Waals surface area contributed by atoms with E-state index in [1.165, 1.54) is 5.56 Å². The zero-order valence-electron chi connectivity index (χ0n) is 15.5. The normalized spacial score (nSPS) is 12.8. The lowest BCUT2D eigenvalue weighted by Crippen LogP contribution is -2.42. The Morgan fingerprint density at radius 3 is 2.72 bits per heavy atom. The molecule has 1 unspecified atom stereocenters. The quantitative estimate of drug-likeness (QED) is 0.416. The summed E-state index contributed by atoms with van der Waals surface area (Å²) in [7, 11) is 0. The molecule has 0 bridgehead atoms. The van der Waals surface area contributed by atoms with Crippen LogP contribution in [0, 0.1) is 6.92 Å². The van der Waals surface area contributed by atoms with Gasteiger partial charge in [-0.15, -0.1) is 0 Å². The zero-order chi connectivity index (χ0) is 17.9. The van der Waals surface area contributed by atoms with Crippen LogP contribution in [0.3, 0.4) is 0 Å². The van der Waals surface area contributed by atoms with Crippen LogP contribution in [0.5, 0.6) is 0 Å². The van der Waals surface area contributed by atoms with E-state index in [1.807, 2.05) is 6.92 Å². The molecule has 0 amide bonds. The number of nitrogens with zero attached hydrogens (tertiary/aromatic N) is 3. The second-order valence-electron chi connectivity index (χ2n) is 6.17. The number of benzene rings is 1. The first-order valence-corrected chi connectivity index (χ1v) is 9.05. The Labute approximate surface area is 150 Å². The van der Waals surface area contributed by atoms with Crippen LogP contribution in [0.25, 0.3) is 0 Å². The van der Waals surface area contributed by atoms with Crippen molar-refractivity contribution in [2.45, 2.75) is 52.5 Å². The van der Waals surface area contributed by atoms with Crippen molar-refractivity contribution < 1.29 is 4.52 Å². The van der Waals surface area contributed by atoms with E-state index < -0.39 is 0 Å². The van der Waals surface area contributed by atoms with Crippen molar-refractivity contribution in [3.05, 3.63) is 47.6 Å². The van der Waals surface area contributed by atoms with Gasteiger partial charge in [-0.2, -0.15) is 4.98 Å². The third kappa shape index (κ3) is 7.37. The van der Waals surface area contributed by atoms with Crippen molar-refractivity contribution in [2.24, 2.45) is 4.99 Å². The molecule has 25 heavy (non-hydrogen) atoms. The first-order chi connectivity index (χ1) is 12.2. The van der Waals surface area contributed by atoms with Crippen LogP contribution in [0.2, 0.25) is 0 Å². The minimum absolute atomic E-state index is 0.358. The van der Waals surface area contributed by atoms with Gasteiger partial charge in [0.2, 0.25) is 5.89 Å². The maximum Gasteiger partial charge on any atom is 0.226 e. The van der Waals surface area contributed by atoms with Crippen molar-refractivity contribution in [2.75, 3.05) is 13.1 Å². The molecule has 1 heterocycles. The number of nitrogens with one attached hydrogen (secondary N) is 2. The van der Waals surface area contributed by atoms with E-state index in [1.54, 1.807) is 0 Å². The molecule has 6 heteroatoms. The van der Waals surface area contributed by atoms with Gasteiger partial charge >= 0.3 is 0 Å². The van der Waals surface area contributed by atoms with E-state index in [9.17, 15) is 0 Å². The molecule has 1 atom stereocenters. The minimum atomic E-state index is 0.358. The second-order valence-corrected chi connectivity index (χ2v) is 6.17. The Balaban J connectivity index is 1.74. The largest absolute Gasteiger partial charge is 0.357 e. The molecule has 1 aromatic carbocycles. The molecule has 0 fully saturated rings. The lowest BCUT2D eigenvalue weighted by molar-refractivity contribution is 0.372. The standard InChI is InChI=1S/C19H29N5O/c1-4-20-19(21-14-8-11-18-23-16(3)24-25-18)22-15(2)12-13-17-9-6-5-7-10-17/h5-7,9-10,15H,4,8,11-14H2,1-3H3,(H2,20,21,22). The van der Waals surface area contributed by atoms with Crippen LogP contribution in [-0.4, -0.2) is 35.2 Å². The summed E-state index contributed by atoms with van der Waals surface area (Å²) in [6.07, 6.45) is 3.77. The fraction of sp³-hybridized carbons (Fsp3) is 0.526. The lowest BCUT2D eigenvalue weighted by atomic mass is 10.1. The highest BCUT2D eigenvalue weighted by atomic mass is 16.5. The summed E-state index contributed by atoms with van der Waals surface area (Å²) >= 11 is 0. The SMILES string of the molecule is CCNC(=NCCCc1nc(C)no1)NC(C)CCc1ccccc1. The molecule has 0 aliphatic carbocycles. The molecule has 136 valence electrons. The molecule has 2 aromatic rings. The van der Waals surface area contributed by atoms with Crippen LogP contribution < -0.4 is 10.6 Å². The summed E-state index contributed by atoms with van der Waals surface area (Å²) < 4.78 is 5.12. The Hall–Kier alpha value is -2.37. The topological polar surface area (TPSA) is 75.3 Å². The average molecular weight is 343 g/mol. The number of aromatic nitrogens is 2. The third-order valence-corrected chi connectivity index (χ3v) is 3.82. The molecule has 0 spiro atoms. The van der Waals surface area contributed by atoms with E-state index in [4.69, 9.17) is 4.52 Å². The fourth-order valence-corrected chi connectivity index (χ4v) is 2.52. The highest BCUT2D eigenvalue weighted by molar-refractivity contribution is 5.80. The molecule has 0 radical (unpaired) electrons. The van der Waals surface area contributed by atoms with Crippen LogP contribution in [-0.2, 0) is 12.8 Å². The predicted molar refractivity (Wildman–Crippen MR) is 101 cm³/mol. The van der Waals surface area contributed by atoms with Gasteiger partial charge in [-0.1, -0.05) is 35.5 Å². The average Bonchev–Trinajstić information content (AvgIpc) is 3.03. The maximum atomic E-state index is 5.12. The molecule has 2 N–H and O–H groups in total. The maximum absolute atomic E-state index is 5.12. The number of rotatable bonds is 9. The van der Waals surface area contributed by atoms with Gasteiger partial charge in [-0.25, -0.2) is 0 Å². The number of guanidine groups is 1. The van der Waals surface area contributed by atoms with Gasteiger partial charge in [-0.05, 0) is 45.6 Å². The van der Waals surface area contributed by atoms with Gasteiger partial charge in [-0.3, -0.25) is 4.99 Å². The van der Waals surface area contributed by atoms with Gasteiger partial charge < -0.3 is 15.2 Å². The number of aryl methyl sites for hydroxylation is 3. The van der Waals surface area contributed by atoms with Crippen LogP contribution >= 0.6 is 0 Å². The lowest BCUT2D eigenvalue weighted by Gasteiger charge is -2.17. The van der Waals surface area contributed by atoms with E-state index in [2.05, 4.69) is 69.9 Å². The summed E-state index contributed by atoms with van der Waals surface area (Å²) in [5.74, 6) is 2.23. The number of hydrogen-bond donors (Lipinski definition) is 2. The summed E-state index contributed by atoms with van der Waals surface area (Å²) in [4.78, 5) is 8.84. The second kappa shape index (κ2) is 10.5. The van der Waals surface area contributed by atoms with Crippen LogP contribution in [0.1, 0.15) is 44.0 Å². The van der Waals surface area contributed by atoms with Crippen LogP contribution in [0.4, 0.5) is 0 Å². The Morgan fingerprint density at radius 2 is 2.04 bits per heavy atom. The summed E-state index contributed by atoms with van der Waals surface area (Å²) in [6.45, 7) is 7.67. The predicted octanol–water partition coefficient (Wildman–Crippen LogP) is 2.89. The fourth-order valence-electron chi connectivity index (χ4n) is 2.52. The molecule has 6 nitrogen and oxygen atoms in total. The van der Waals surface area contributed by atoms with Gasteiger partial charge in [0, 0.05) is 25.6 Å². The molecule has 1 aromatic heterocycles. The highest BCUT2D eigenvalue weighted by Crippen LogP contribution is 2.05. The number of hydrogen-bond acceptors (Lipinski definition) is 4. The van der Waals surface area contributed by atoms with Crippen molar-refractivity contribution in [3.63, 3.8) is 0 Å². The summed E-state index contributed by atoms with van der Waals surface area (Å²) in [5, 5.41) is 10.6. The van der Waals surface area contributed by atoms with Gasteiger partial charge in [0.15, 0.2) is 11.8 Å². The first kappa shape index (κ1) is 19.0. The van der Waals surface area contributed by atoms with E-state index in [-0.39, 0.29) is 0 Å². The van der Waals surface area contributed by atoms with Crippen molar-refractivity contribution in [3.8, 4) is 0 Å². The highest BCUT2D eigenvalue weighted by Gasteiger charge is 2.06. The van der Waals surface area contributed by atoms with Crippen molar-refractivity contribution in [1.82, 2.24) is 20.8 Å². The van der Waals surface area contributed by atoms with Gasteiger partial charge in [0.1, 0.15) is 0 Å². The monoisotopic (exact) mass is 343 g/mol. The molecule has 0 aliphatic rings. The van der Waals surface area contributed by atoms with Crippen molar-refractivity contribution >= 4 is 5.96 Å². The molecule has 0 saturated heterocycles. The van der Waals surface area contributed by atoms with Crippen LogP contribution in [0.15, 0.2) is 39.8 Å². The third-order valence-electron chi connectivity index (χ3n) is 3.82. The Bertz CT molecular complexity index is 638. The van der Waals surface area contributed by atoms with Crippen molar-refractivity contribution in [1.29, 1.82) is 0 Å². The Morgan fingerprint density at radius 1 is 1.24 bits per heavy atom. The minimum Gasteiger partial charge on any atom is -0.357 e. The zero-order valence-corrected chi connectivity index (χ0v) is 15.5. The summed E-state index contributed by atoms with van der Waals surface area (Å²) in [5.41, 5.74) is 1.37. The first-order valence-electron chi connectivity index (χ1n) is 9.05. The smallest absolute Gasteiger partial charge is 0.226 e. The van der Waals surface area contributed by atoms with E-state index in [0.717, 1.165) is 44.7 Å². The number of aliphatic imine (C=N–C) groups is 1. The van der Waals surface area contributed by atoms with E-state index >= 15 is 0 Å². The molecule has 2 rings (SSSR count). The molecule has 0 saturated carbocycles. The Kier molecular flexibility index (Phi) is 7.95. The summed E-state index contributed by atoms with van der Waals surface area (Å²) in [6, 6.07) is 10.9.